The average Bonchev–Trinajstić information content (AvgIpc) is 3.04. The Morgan fingerprint density at radius 2 is 1.41 bits per heavy atom. The molecule has 242 valence electrons. The van der Waals surface area contributed by atoms with E-state index in [1.807, 2.05) is 6.92 Å². The third-order valence-electron chi connectivity index (χ3n) is 8.02. The number of rotatable bonds is 13. The highest BCUT2D eigenvalue weighted by Gasteiger charge is 2.54. The van der Waals surface area contributed by atoms with Gasteiger partial charge in [0.1, 0.15) is 6.04 Å². The lowest BCUT2D eigenvalue weighted by Gasteiger charge is -2.42. The zero-order valence-electron chi connectivity index (χ0n) is 25.9. The molecule has 11 heteroatoms. The van der Waals surface area contributed by atoms with Crippen LogP contribution in [0.4, 0.5) is 0 Å². The minimum Gasteiger partial charge on any atom is -0.480 e. The maximum atomic E-state index is 13.7. The van der Waals surface area contributed by atoms with Crippen LogP contribution >= 0.6 is 0 Å². The smallest absolute Gasteiger partial charge is 0.356 e. The summed E-state index contributed by atoms with van der Waals surface area (Å²) in [6.07, 6.45) is 0.441. The largest absolute Gasteiger partial charge is 0.480 e. The number of carboxylic acids is 1. The van der Waals surface area contributed by atoms with Crippen molar-refractivity contribution in [2.24, 2.45) is 11.7 Å². The van der Waals surface area contributed by atoms with Crippen molar-refractivity contribution in [3.05, 3.63) is 95.6 Å². The molecule has 0 aliphatic heterocycles. The van der Waals surface area contributed by atoms with Crippen molar-refractivity contribution in [3.8, 4) is 11.5 Å². The third kappa shape index (κ3) is 7.60. The molecule has 3 N–H and O–H groups in total. The van der Waals surface area contributed by atoms with Crippen LogP contribution < -0.4 is 15.2 Å². The van der Waals surface area contributed by atoms with Crippen LogP contribution in [0.15, 0.2) is 78.9 Å². The van der Waals surface area contributed by atoms with Crippen molar-refractivity contribution in [1.29, 1.82) is 0 Å². The fraction of sp³-hybridized carbons (Fsp3) is 0.343. The lowest BCUT2D eigenvalue weighted by Crippen LogP contribution is -2.55. The Morgan fingerprint density at radius 1 is 0.848 bits per heavy atom. The summed E-state index contributed by atoms with van der Waals surface area (Å²) in [5.41, 5.74) is 3.35. The van der Waals surface area contributed by atoms with Crippen LogP contribution in [0.25, 0.3) is 0 Å². The maximum absolute atomic E-state index is 13.7. The van der Waals surface area contributed by atoms with Gasteiger partial charge < -0.3 is 29.8 Å². The molecular weight excluding hydrogens is 594 g/mol. The molecule has 1 fully saturated rings. The molecule has 46 heavy (non-hydrogen) atoms. The number of aliphatic carboxylic acids is 1. The second-order valence-corrected chi connectivity index (χ2v) is 11.4. The summed E-state index contributed by atoms with van der Waals surface area (Å²) >= 11 is 0. The third-order valence-corrected chi connectivity index (χ3v) is 8.02. The van der Waals surface area contributed by atoms with Gasteiger partial charge in [-0.15, -0.1) is 0 Å². The van der Waals surface area contributed by atoms with Crippen LogP contribution in [0.3, 0.4) is 0 Å². The SMILES string of the molecule is CCC(CC)(OC(=O)c1ccccc1)C(=O)Oc1cc(C[C@H](N)C(=O)O)ccc1OC(=O)C1(OC(=O)c2ccccc2)CC(C)C1. The monoisotopic (exact) mass is 631 g/mol. The van der Waals surface area contributed by atoms with Crippen molar-refractivity contribution in [3.63, 3.8) is 0 Å². The van der Waals surface area contributed by atoms with Gasteiger partial charge >= 0.3 is 29.8 Å². The summed E-state index contributed by atoms with van der Waals surface area (Å²) in [4.78, 5) is 64.6. The fourth-order valence-electron chi connectivity index (χ4n) is 5.27. The molecule has 1 saturated carbocycles. The van der Waals surface area contributed by atoms with Gasteiger partial charge in [-0.3, -0.25) is 4.79 Å². The Bertz CT molecular complexity index is 1580. The van der Waals surface area contributed by atoms with E-state index in [-0.39, 0.29) is 60.6 Å². The highest BCUT2D eigenvalue weighted by molar-refractivity contribution is 5.94. The Labute approximate surface area is 266 Å². The molecule has 0 unspecified atom stereocenters. The maximum Gasteiger partial charge on any atom is 0.356 e. The van der Waals surface area contributed by atoms with Gasteiger partial charge in [-0.05, 0) is 67.1 Å². The topological polar surface area (TPSA) is 169 Å². The van der Waals surface area contributed by atoms with Crippen molar-refractivity contribution < 1.29 is 48.0 Å². The molecule has 0 saturated heterocycles. The molecule has 0 amide bonds. The number of carboxylic acid groups (broad SMARTS) is 1. The second-order valence-electron chi connectivity index (χ2n) is 11.4. The molecule has 11 nitrogen and oxygen atoms in total. The number of carbonyl (C=O) groups excluding carboxylic acids is 4. The minimum atomic E-state index is -1.70. The molecule has 1 aliphatic carbocycles. The van der Waals surface area contributed by atoms with Crippen LogP contribution in [0, 0.1) is 5.92 Å². The van der Waals surface area contributed by atoms with E-state index >= 15 is 0 Å². The van der Waals surface area contributed by atoms with E-state index in [2.05, 4.69) is 0 Å². The first-order valence-corrected chi connectivity index (χ1v) is 15.0. The highest BCUT2D eigenvalue weighted by atomic mass is 16.6. The fourth-order valence-corrected chi connectivity index (χ4v) is 5.27. The molecule has 0 aromatic heterocycles. The highest BCUT2D eigenvalue weighted by Crippen LogP contribution is 2.43. The lowest BCUT2D eigenvalue weighted by molar-refractivity contribution is -0.171. The summed E-state index contributed by atoms with van der Waals surface area (Å²) < 4.78 is 22.9. The number of nitrogens with two attached hydrogens (primary N) is 1. The molecule has 0 radical (unpaired) electrons. The normalized spacial score (nSPS) is 18.0. The summed E-state index contributed by atoms with van der Waals surface area (Å²) in [5, 5.41) is 9.31. The van der Waals surface area contributed by atoms with Gasteiger partial charge in [0.15, 0.2) is 11.5 Å². The quantitative estimate of drug-likeness (QED) is 0.195. The molecule has 0 spiro atoms. The second kappa shape index (κ2) is 14.4. The standard InChI is InChI=1S/C35H37NO10/c1-4-34(5-2,45-30(39)24-12-8-6-9-13-24)32(41)44-28-19-23(18-26(36)29(37)38)16-17-27(28)43-33(42)35(20-22(3)21-35)46-31(40)25-14-10-7-11-15-25/h6-17,19,22,26H,4-5,18,20-21,36H2,1-3H3,(H,37,38)/t22?,26-,35?/m0/s1. The summed E-state index contributed by atoms with van der Waals surface area (Å²) in [7, 11) is 0. The molecule has 3 aromatic rings. The van der Waals surface area contributed by atoms with Crippen LogP contribution in [0.5, 0.6) is 11.5 Å². The molecule has 4 rings (SSSR count). The summed E-state index contributed by atoms with van der Waals surface area (Å²) in [6, 6.07) is 19.3. The first-order chi connectivity index (χ1) is 21.9. The van der Waals surface area contributed by atoms with E-state index < -0.39 is 47.1 Å². The van der Waals surface area contributed by atoms with Gasteiger partial charge in [-0.2, -0.15) is 0 Å². The number of ether oxygens (including phenoxy) is 4. The van der Waals surface area contributed by atoms with Crippen molar-refractivity contribution in [2.75, 3.05) is 0 Å². The van der Waals surface area contributed by atoms with E-state index in [1.54, 1.807) is 74.5 Å². The Balaban J connectivity index is 1.63. The molecule has 1 aliphatic rings. The molecular formula is C35H37NO10. The molecule has 0 bridgehead atoms. The Hall–Kier alpha value is -5.03. The van der Waals surface area contributed by atoms with E-state index in [4.69, 9.17) is 24.7 Å². The van der Waals surface area contributed by atoms with Crippen LogP contribution in [0.2, 0.25) is 0 Å². The zero-order chi connectivity index (χ0) is 33.5. The van der Waals surface area contributed by atoms with E-state index in [0.717, 1.165) is 0 Å². The number of esters is 4. The number of hydrogen-bond acceptors (Lipinski definition) is 10. The summed E-state index contributed by atoms with van der Waals surface area (Å²) in [5.74, 6) is -4.79. The van der Waals surface area contributed by atoms with Crippen LogP contribution in [-0.4, -0.2) is 52.2 Å². The van der Waals surface area contributed by atoms with E-state index in [9.17, 15) is 29.1 Å². The molecule has 0 heterocycles. The molecule has 1 atom stereocenters. The van der Waals surface area contributed by atoms with Gasteiger partial charge in [-0.1, -0.05) is 63.2 Å². The van der Waals surface area contributed by atoms with Gasteiger partial charge in [0, 0.05) is 12.8 Å². The van der Waals surface area contributed by atoms with Crippen molar-refractivity contribution >= 4 is 29.8 Å². The number of benzene rings is 3. The van der Waals surface area contributed by atoms with Crippen molar-refractivity contribution in [2.45, 2.75) is 70.1 Å². The zero-order valence-corrected chi connectivity index (χ0v) is 25.9. The van der Waals surface area contributed by atoms with Gasteiger partial charge in [0.25, 0.3) is 0 Å². The van der Waals surface area contributed by atoms with E-state index in [1.165, 1.54) is 18.2 Å². The Kier molecular flexibility index (Phi) is 10.6. The first kappa shape index (κ1) is 33.9. The van der Waals surface area contributed by atoms with Gasteiger partial charge in [0.05, 0.1) is 11.1 Å². The van der Waals surface area contributed by atoms with Crippen molar-refractivity contribution in [1.82, 2.24) is 0 Å². The lowest BCUT2D eigenvalue weighted by atomic mass is 9.71. The van der Waals surface area contributed by atoms with Crippen LogP contribution in [0.1, 0.15) is 72.7 Å². The molecule has 3 aromatic carbocycles. The Morgan fingerprint density at radius 3 is 1.93 bits per heavy atom. The summed E-state index contributed by atoms with van der Waals surface area (Å²) in [6.45, 7) is 5.23. The first-order valence-electron chi connectivity index (χ1n) is 15.0. The van der Waals surface area contributed by atoms with Gasteiger partial charge in [-0.25, -0.2) is 19.2 Å². The number of carbonyl (C=O) groups is 5. The number of hydrogen-bond donors (Lipinski definition) is 2. The van der Waals surface area contributed by atoms with E-state index in [0.29, 0.717) is 5.56 Å². The predicted molar refractivity (Wildman–Crippen MR) is 165 cm³/mol. The predicted octanol–water partition coefficient (Wildman–Crippen LogP) is 4.89. The van der Waals surface area contributed by atoms with Gasteiger partial charge in [0.2, 0.25) is 11.2 Å². The van der Waals surface area contributed by atoms with Crippen LogP contribution in [-0.2, 0) is 30.3 Å². The minimum absolute atomic E-state index is 0.0655. The average molecular weight is 632 g/mol.